The molecule has 2 nitrogen and oxygen atoms in total. The molecule has 4 heteroatoms. The molecule has 13 heavy (non-hydrogen) atoms. The molecule has 1 aromatic carbocycles. The summed E-state index contributed by atoms with van der Waals surface area (Å²) in [6, 6.07) is 4.48. The van der Waals surface area contributed by atoms with Gasteiger partial charge < -0.3 is 4.74 Å². The Hall–Kier alpha value is -1.63. The van der Waals surface area contributed by atoms with E-state index in [9.17, 15) is 8.78 Å². The molecule has 0 aliphatic rings. The average Bonchev–Trinajstić information content (AvgIpc) is 2.08. The van der Waals surface area contributed by atoms with E-state index < -0.39 is 6.61 Å². The van der Waals surface area contributed by atoms with Gasteiger partial charge in [-0.2, -0.15) is 8.78 Å². The molecule has 0 N–H and O–H groups in total. The van der Waals surface area contributed by atoms with Gasteiger partial charge in [-0.05, 0) is 18.6 Å². The van der Waals surface area contributed by atoms with E-state index in [1.54, 1.807) is 13.0 Å². The Balaban J connectivity index is 3.03. The molecule has 0 atom stereocenters. The minimum absolute atomic E-state index is 0.0588. The van der Waals surface area contributed by atoms with Crippen LogP contribution in [0.15, 0.2) is 18.2 Å². The zero-order valence-corrected chi connectivity index (χ0v) is 6.92. The van der Waals surface area contributed by atoms with Crippen LogP contribution < -0.4 is 4.74 Å². The molecule has 68 valence electrons. The van der Waals surface area contributed by atoms with Crippen LogP contribution in [0.1, 0.15) is 5.56 Å². The molecule has 0 unspecified atom stereocenters. The highest BCUT2D eigenvalue weighted by atomic mass is 19.3. The number of hydrogen-bond donors (Lipinski definition) is 0. The minimum atomic E-state index is -2.85. The summed E-state index contributed by atoms with van der Waals surface area (Å²) in [7, 11) is 0. The predicted molar refractivity (Wildman–Crippen MR) is 44.1 cm³/mol. The zero-order chi connectivity index (χ0) is 9.84. The van der Waals surface area contributed by atoms with E-state index in [1.807, 2.05) is 0 Å². The fourth-order valence-electron chi connectivity index (χ4n) is 0.948. The topological polar surface area (TPSA) is 13.6 Å². The van der Waals surface area contributed by atoms with Crippen LogP contribution in [0.2, 0.25) is 0 Å². The summed E-state index contributed by atoms with van der Waals surface area (Å²) >= 11 is 0. The summed E-state index contributed by atoms with van der Waals surface area (Å²) in [5.74, 6) is 0.0588. The van der Waals surface area contributed by atoms with Crippen molar-refractivity contribution < 1.29 is 13.5 Å². The molecule has 0 bridgehead atoms. The summed E-state index contributed by atoms with van der Waals surface area (Å²) in [6.07, 6.45) is 0. The van der Waals surface area contributed by atoms with E-state index in [1.165, 1.54) is 12.1 Å². The van der Waals surface area contributed by atoms with Crippen molar-refractivity contribution in [2.24, 2.45) is 0 Å². The first kappa shape index (κ1) is 9.46. The van der Waals surface area contributed by atoms with E-state index in [4.69, 9.17) is 6.57 Å². The number of benzene rings is 1. The van der Waals surface area contributed by atoms with Crippen molar-refractivity contribution in [3.8, 4) is 5.75 Å². The SMILES string of the molecule is [C-]#[N+]c1cccc(OC(F)F)c1C. The van der Waals surface area contributed by atoms with Crippen LogP contribution in [0.25, 0.3) is 4.85 Å². The maximum atomic E-state index is 11.8. The smallest absolute Gasteiger partial charge is 0.387 e. The second kappa shape index (κ2) is 3.85. The van der Waals surface area contributed by atoms with Crippen LogP contribution in [0.5, 0.6) is 5.75 Å². The molecule has 0 amide bonds. The summed E-state index contributed by atoms with van der Waals surface area (Å²) in [4.78, 5) is 3.16. The third-order valence-electron chi connectivity index (χ3n) is 1.59. The predicted octanol–water partition coefficient (Wildman–Crippen LogP) is 3.15. The van der Waals surface area contributed by atoms with E-state index in [-0.39, 0.29) is 5.75 Å². The zero-order valence-electron chi connectivity index (χ0n) is 6.92. The number of alkyl halides is 2. The lowest BCUT2D eigenvalue weighted by Gasteiger charge is -2.07. The Labute approximate surface area is 74.6 Å². The molecule has 0 spiro atoms. The lowest BCUT2D eigenvalue weighted by molar-refractivity contribution is -0.0502. The molecule has 0 aromatic heterocycles. The largest absolute Gasteiger partial charge is 0.436 e. The van der Waals surface area contributed by atoms with Gasteiger partial charge >= 0.3 is 6.61 Å². The fourth-order valence-corrected chi connectivity index (χ4v) is 0.948. The van der Waals surface area contributed by atoms with E-state index >= 15 is 0 Å². The first-order chi connectivity index (χ1) is 6.15. The highest BCUT2D eigenvalue weighted by Crippen LogP contribution is 2.28. The second-order valence-corrected chi connectivity index (χ2v) is 2.39. The van der Waals surface area contributed by atoms with Crippen LogP contribution in [-0.2, 0) is 0 Å². The Morgan fingerprint density at radius 3 is 2.69 bits per heavy atom. The van der Waals surface area contributed by atoms with Gasteiger partial charge in [0.25, 0.3) is 0 Å². The summed E-state index contributed by atoms with van der Waals surface area (Å²) in [5.41, 5.74) is 0.774. The highest BCUT2D eigenvalue weighted by molar-refractivity contribution is 5.57. The fraction of sp³-hybridized carbons (Fsp3) is 0.222. The van der Waals surface area contributed by atoms with Crippen molar-refractivity contribution in [1.29, 1.82) is 0 Å². The maximum Gasteiger partial charge on any atom is 0.387 e. The quantitative estimate of drug-likeness (QED) is 0.642. The van der Waals surface area contributed by atoms with Crippen molar-refractivity contribution >= 4 is 5.69 Å². The van der Waals surface area contributed by atoms with Crippen molar-refractivity contribution in [3.63, 3.8) is 0 Å². The monoisotopic (exact) mass is 183 g/mol. The van der Waals surface area contributed by atoms with Gasteiger partial charge in [-0.15, -0.1) is 0 Å². The first-order valence-electron chi connectivity index (χ1n) is 3.57. The van der Waals surface area contributed by atoms with Crippen molar-refractivity contribution in [2.45, 2.75) is 13.5 Å². The van der Waals surface area contributed by atoms with Gasteiger partial charge in [-0.3, -0.25) is 0 Å². The molecule has 0 saturated carbocycles. The van der Waals surface area contributed by atoms with Crippen molar-refractivity contribution in [3.05, 3.63) is 35.2 Å². The van der Waals surface area contributed by atoms with Gasteiger partial charge in [0.2, 0.25) is 0 Å². The Bertz CT molecular complexity index is 344. The van der Waals surface area contributed by atoms with Gasteiger partial charge in [-0.25, -0.2) is 4.85 Å². The van der Waals surface area contributed by atoms with Gasteiger partial charge in [0.15, 0.2) is 5.69 Å². The summed E-state index contributed by atoms with van der Waals surface area (Å²) < 4.78 is 27.9. The number of rotatable bonds is 2. The van der Waals surface area contributed by atoms with Gasteiger partial charge in [0.1, 0.15) is 5.75 Å². The standard InChI is InChI=1S/C9H7F2NO/c1-6-7(12-2)4-3-5-8(6)13-9(10)11/h3-5,9H,1H3. The molecule has 0 heterocycles. The lowest BCUT2D eigenvalue weighted by Crippen LogP contribution is -2.02. The van der Waals surface area contributed by atoms with Gasteiger partial charge in [-0.1, -0.05) is 12.1 Å². The van der Waals surface area contributed by atoms with Crippen LogP contribution in [0, 0.1) is 13.5 Å². The van der Waals surface area contributed by atoms with Crippen LogP contribution in [-0.4, -0.2) is 6.61 Å². The normalized spacial score (nSPS) is 9.77. The Morgan fingerprint density at radius 1 is 1.46 bits per heavy atom. The number of ether oxygens (including phenoxy) is 1. The average molecular weight is 183 g/mol. The molecule has 0 radical (unpaired) electrons. The highest BCUT2D eigenvalue weighted by Gasteiger charge is 2.08. The van der Waals surface area contributed by atoms with E-state index in [2.05, 4.69) is 9.58 Å². The third-order valence-corrected chi connectivity index (χ3v) is 1.59. The minimum Gasteiger partial charge on any atom is -0.436 e. The van der Waals surface area contributed by atoms with Crippen LogP contribution >= 0.6 is 0 Å². The molecule has 0 aliphatic carbocycles. The van der Waals surface area contributed by atoms with Crippen LogP contribution in [0.3, 0.4) is 0 Å². The van der Waals surface area contributed by atoms with Gasteiger partial charge in [0, 0.05) is 0 Å². The van der Waals surface area contributed by atoms with E-state index in [0.717, 1.165) is 0 Å². The van der Waals surface area contributed by atoms with Crippen LogP contribution in [0.4, 0.5) is 14.5 Å². The number of halogens is 2. The Morgan fingerprint density at radius 2 is 2.15 bits per heavy atom. The number of hydrogen-bond acceptors (Lipinski definition) is 1. The molecule has 0 fully saturated rings. The molecule has 0 saturated heterocycles. The molecule has 1 rings (SSSR count). The third kappa shape index (κ3) is 2.15. The van der Waals surface area contributed by atoms with E-state index in [0.29, 0.717) is 11.3 Å². The number of nitrogens with zero attached hydrogens (tertiary/aromatic N) is 1. The van der Waals surface area contributed by atoms with Gasteiger partial charge in [0.05, 0.1) is 6.57 Å². The molecule has 1 aromatic rings. The summed E-state index contributed by atoms with van der Waals surface area (Å²) in [5, 5.41) is 0. The molecule has 0 aliphatic heterocycles. The first-order valence-corrected chi connectivity index (χ1v) is 3.57. The summed E-state index contributed by atoms with van der Waals surface area (Å²) in [6.45, 7) is 5.47. The molecular weight excluding hydrogens is 176 g/mol. The second-order valence-electron chi connectivity index (χ2n) is 2.39. The lowest BCUT2D eigenvalue weighted by atomic mass is 10.2. The van der Waals surface area contributed by atoms with Crippen molar-refractivity contribution in [2.75, 3.05) is 0 Å². The van der Waals surface area contributed by atoms with Crippen molar-refractivity contribution in [1.82, 2.24) is 0 Å². The Kier molecular flexibility index (Phi) is 2.80. The maximum absolute atomic E-state index is 11.8. The molecular formula is C9H7F2NO.